The average molecular weight is 334 g/mol. The third-order valence-electron chi connectivity index (χ3n) is 3.36. The first-order chi connectivity index (χ1) is 11.0. The Morgan fingerprint density at radius 1 is 1.52 bits per heavy atom. The second-order valence-corrected chi connectivity index (χ2v) is 5.30. The summed E-state index contributed by atoms with van der Waals surface area (Å²) in [4.78, 5) is 12.3. The van der Waals surface area contributed by atoms with E-state index in [4.69, 9.17) is 21.7 Å². The fraction of sp³-hybridized carbons (Fsp3) is 0.250. The van der Waals surface area contributed by atoms with Crippen LogP contribution in [0.25, 0.3) is 0 Å². The van der Waals surface area contributed by atoms with Gasteiger partial charge in [-0.25, -0.2) is 4.79 Å². The molecule has 0 radical (unpaired) electrons. The van der Waals surface area contributed by atoms with Gasteiger partial charge in [-0.15, -0.1) is 0 Å². The molecule has 1 unspecified atom stereocenters. The van der Waals surface area contributed by atoms with E-state index in [9.17, 15) is 9.90 Å². The average Bonchev–Trinajstić information content (AvgIpc) is 2.52. The van der Waals surface area contributed by atoms with E-state index >= 15 is 0 Å². The molecule has 6 nitrogen and oxygen atoms in total. The molecule has 0 amide bonds. The van der Waals surface area contributed by atoms with Crippen molar-refractivity contribution in [3.8, 4) is 11.5 Å². The summed E-state index contributed by atoms with van der Waals surface area (Å²) >= 11 is 5.17. The summed E-state index contributed by atoms with van der Waals surface area (Å²) in [5.74, 6) is -0.142. The molecular weight excluding hydrogens is 316 g/mol. The van der Waals surface area contributed by atoms with Gasteiger partial charge in [-0.05, 0) is 36.8 Å². The number of allylic oxidation sites excluding steroid dienone is 1. The molecule has 0 saturated carbocycles. The Morgan fingerprint density at radius 2 is 2.26 bits per heavy atom. The zero-order valence-corrected chi connectivity index (χ0v) is 13.7. The van der Waals surface area contributed by atoms with Crippen LogP contribution in [0.1, 0.15) is 18.5 Å². The van der Waals surface area contributed by atoms with Gasteiger partial charge in [0.15, 0.2) is 16.6 Å². The first kappa shape index (κ1) is 16.8. The summed E-state index contributed by atoms with van der Waals surface area (Å²) in [7, 11) is 1.46. The summed E-state index contributed by atoms with van der Waals surface area (Å²) < 4.78 is 10.3. The van der Waals surface area contributed by atoms with Crippen molar-refractivity contribution in [2.45, 2.75) is 13.0 Å². The molecule has 1 aromatic rings. The Labute approximate surface area is 139 Å². The maximum Gasteiger partial charge on any atom is 0.338 e. The minimum Gasteiger partial charge on any atom is -0.504 e. The van der Waals surface area contributed by atoms with Crippen molar-refractivity contribution in [1.82, 2.24) is 10.6 Å². The van der Waals surface area contributed by atoms with Crippen LogP contribution >= 0.6 is 12.2 Å². The highest BCUT2D eigenvalue weighted by molar-refractivity contribution is 7.80. The van der Waals surface area contributed by atoms with E-state index in [-0.39, 0.29) is 12.4 Å². The van der Waals surface area contributed by atoms with Crippen LogP contribution in [-0.2, 0) is 9.53 Å². The summed E-state index contributed by atoms with van der Waals surface area (Å²) in [6, 6.07) is 4.34. The molecule has 7 heteroatoms. The second kappa shape index (κ2) is 7.15. The molecule has 2 rings (SSSR count). The van der Waals surface area contributed by atoms with Gasteiger partial charge in [-0.2, -0.15) is 0 Å². The van der Waals surface area contributed by atoms with Crippen LogP contribution in [0.15, 0.2) is 42.1 Å². The number of phenolic OH excluding ortho intramolecular Hbond substituents is 1. The predicted molar refractivity (Wildman–Crippen MR) is 90.1 cm³/mol. The number of ether oxygens (including phenoxy) is 2. The quantitative estimate of drug-likeness (QED) is 0.431. The van der Waals surface area contributed by atoms with Gasteiger partial charge >= 0.3 is 5.97 Å². The highest BCUT2D eigenvalue weighted by Gasteiger charge is 2.31. The molecule has 1 aliphatic heterocycles. The van der Waals surface area contributed by atoms with Crippen molar-refractivity contribution >= 4 is 23.3 Å². The summed E-state index contributed by atoms with van der Waals surface area (Å²) in [5.41, 5.74) is 1.74. The van der Waals surface area contributed by atoms with Gasteiger partial charge in [0.2, 0.25) is 0 Å². The molecule has 122 valence electrons. The number of esters is 1. The topological polar surface area (TPSA) is 79.8 Å². The van der Waals surface area contributed by atoms with Crippen LogP contribution in [0.2, 0.25) is 0 Å². The first-order valence-electron chi connectivity index (χ1n) is 6.91. The van der Waals surface area contributed by atoms with Crippen LogP contribution < -0.4 is 15.4 Å². The number of carbonyl (C=O) groups excluding carboxylic acids is 1. The molecule has 0 aliphatic carbocycles. The number of benzene rings is 1. The van der Waals surface area contributed by atoms with E-state index in [0.717, 1.165) is 0 Å². The fourth-order valence-electron chi connectivity index (χ4n) is 2.30. The number of phenols is 1. The Hall–Kier alpha value is -2.54. The SMILES string of the molecule is C=CCOC(=O)C1=C(C)NC(=S)NC1c1ccc(O)c(OC)c1. The fourth-order valence-corrected chi connectivity index (χ4v) is 2.57. The van der Waals surface area contributed by atoms with Crippen molar-refractivity contribution in [3.63, 3.8) is 0 Å². The van der Waals surface area contributed by atoms with Crippen LogP contribution in [0, 0.1) is 0 Å². The highest BCUT2D eigenvalue weighted by atomic mass is 32.1. The van der Waals surface area contributed by atoms with Gasteiger partial charge in [0.1, 0.15) is 6.61 Å². The molecule has 0 saturated heterocycles. The Bertz CT molecular complexity index is 685. The molecule has 0 spiro atoms. The van der Waals surface area contributed by atoms with Crippen LogP contribution in [0.5, 0.6) is 11.5 Å². The number of hydrogen-bond donors (Lipinski definition) is 3. The number of carbonyl (C=O) groups is 1. The molecule has 23 heavy (non-hydrogen) atoms. The molecule has 1 atom stereocenters. The first-order valence-corrected chi connectivity index (χ1v) is 7.32. The van der Waals surface area contributed by atoms with E-state index in [1.807, 2.05) is 0 Å². The molecule has 0 fully saturated rings. The molecule has 0 bridgehead atoms. The lowest BCUT2D eigenvalue weighted by molar-refractivity contribution is -0.138. The Morgan fingerprint density at radius 3 is 2.91 bits per heavy atom. The molecule has 1 heterocycles. The lowest BCUT2D eigenvalue weighted by Crippen LogP contribution is -2.45. The second-order valence-electron chi connectivity index (χ2n) is 4.89. The van der Waals surface area contributed by atoms with Gasteiger partial charge in [0, 0.05) is 5.70 Å². The van der Waals surface area contributed by atoms with Crippen LogP contribution in [-0.4, -0.2) is 29.9 Å². The third kappa shape index (κ3) is 3.62. The van der Waals surface area contributed by atoms with Crippen molar-refractivity contribution < 1.29 is 19.4 Å². The van der Waals surface area contributed by atoms with Crippen LogP contribution in [0.3, 0.4) is 0 Å². The molecule has 3 N–H and O–H groups in total. The van der Waals surface area contributed by atoms with Crippen molar-refractivity contribution in [2.24, 2.45) is 0 Å². The van der Waals surface area contributed by atoms with E-state index in [0.29, 0.717) is 27.7 Å². The number of nitrogens with one attached hydrogen (secondary N) is 2. The maximum atomic E-state index is 12.3. The number of methoxy groups -OCH3 is 1. The van der Waals surface area contributed by atoms with Gasteiger partial charge in [-0.1, -0.05) is 18.7 Å². The Kier molecular flexibility index (Phi) is 5.23. The molecule has 1 aliphatic rings. The minimum atomic E-state index is -0.504. The summed E-state index contributed by atoms with van der Waals surface area (Å²) in [6.45, 7) is 5.40. The summed E-state index contributed by atoms with van der Waals surface area (Å²) in [5, 5.41) is 16.1. The van der Waals surface area contributed by atoms with Crippen molar-refractivity contribution in [3.05, 3.63) is 47.7 Å². The van der Waals surface area contributed by atoms with Gasteiger partial charge in [-0.3, -0.25) is 0 Å². The largest absolute Gasteiger partial charge is 0.504 e. The van der Waals surface area contributed by atoms with Crippen molar-refractivity contribution in [2.75, 3.05) is 13.7 Å². The van der Waals surface area contributed by atoms with E-state index < -0.39 is 12.0 Å². The highest BCUT2D eigenvalue weighted by Crippen LogP contribution is 2.33. The number of rotatable bonds is 5. The van der Waals surface area contributed by atoms with E-state index in [2.05, 4.69) is 17.2 Å². The monoisotopic (exact) mass is 334 g/mol. The Balaban J connectivity index is 2.44. The van der Waals surface area contributed by atoms with Gasteiger partial charge < -0.3 is 25.2 Å². The third-order valence-corrected chi connectivity index (χ3v) is 3.58. The minimum absolute atomic E-state index is 0.0178. The number of aromatic hydroxyl groups is 1. The molecule has 1 aromatic carbocycles. The van der Waals surface area contributed by atoms with E-state index in [1.54, 1.807) is 19.1 Å². The predicted octanol–water partition coefficient (Wildman–Crippen LogP) is 1.92. The maximum absolute atomic E-state index is 12.3. The van der Waals surface area contributed by atoms with Crippen LogP contribution in [0.4, 0.5) is 0 Å². The lowest BCUT2D eigenvalue weighted by Gasteiger charge is -2.30. The van der Waals surface area contributed by atoms with Crippen molar-refractivity contribution in [1.29, 1.82) is 0 Å². The molecule has 0 aromatic heterocycles. The zero-order chi connectivity index (χ0) is 17.0. The standard InChI is InChI=1S/C16H18N2O4S/c1-4-7-22-15(20)13-9(2)17-16(23)18-14(13)10-5-6-11(19)12(8-10)21-3/h4-6,8,14,19H,1,7H2,2-3H3,(H2,17,18,23). The van der Waals surface area contributed by atoms with E-state index in [1.165, 1.54) is 19.3 Å². The smallest absolute Gasteiger partial charge is 0.338 e. The van der Waals surface area contributed by atoms with Gasteiger partial charge in [0.05, 0.1) is 18.7 Å². The number of thiocarbonyl (C=S) groups is 1. The zero-order valence-electron chi connectivity index (χ0n) is 12.9. The lowest BCUT2D eigenvalue weighted by atomic mass is 9.95. The van der Waals surface area contributed by atoms with Gasteiger partial charge in [0.25, 0.3) is 0 Å². The molecular formula is C16H18N2O4S. The normalized spacial score (nSPS) is 17.1. The summed E-state index contributed by atoms with van der Waals surface area (Å²) in [6.07, 6.45) is 1.50. The number of hydrogen-bond acceptors (Lipinski definition) is 5.